The maximum Gasteiger partial charge on any atom is 0.127 e. The van der Waals surface area contributed by atoms with Crippen LogP contribution < -0.4 is 10.6 Å². The summed E-state index contributed by atoms with van der Waals surface area (Å²) in [6.07, 6.45) is 4.00. The van der Waals surface area contributed by atoms with Gasteiger partial charge >= 0.3 is 0 Å². The van der Waals surface area contributed by atoms with Gasteiger partial charge in [0.2, 0.25) is 0 Å². The van der Waals surface area contributed by atoms with Gasteiger partial charge in [0, 0.05) is 11.8 Å². The van der Waals surface area contributed by atoms with Crippen molar-refractivity contribution in [1.82, 2.24) is 4.90 Å². The van der Waals surface area contributed by atoms with E-state index >= 15 is 0 Å². The largest absolute Gasteiger partial charge is 0.507 e. The molecular formula is C23H32NOP. The fourth-order valence-electron chi connectivity index (χ4n) is 3.73. The SMILES string of the molecule is Cc1ccc(Pc2cccc(C(C)(C)C)c2O)c(CN2CCCCC2)c1. The first-order chi connectivity index (χ1) is 12.3. The van der Waals surface area contributed by atoms with Gasteiger partial charge in [-0.2, -0.15) is 0 Å². The average Bonchev–Trinajstić information content (AvgIpc) is 2.59. The van der Waals surface area contributed by atoms with Crippen LogP contribution in [-0.4, -0.2) is 23.1 Å². The van der Waals surface area contributed by atoms with E-state index in [0.717, 1.165) is 17.4 Å². The molecule has 0 amide bonds. The van der Waals surface area contributed by atoms with Crippen molar-refractivity contribution in [2.75, 3.05) is 13.1 Å². The Morgan fingerprint density at radius 3 is 2.42 bits per heavy atom. The van der Waals surface area contributed by atoms with Crippen LogP contribution in [0.15, 0.2) is 36.4 Å². The summed E-state index contributed by atoms with van der Waals surface area (Å²) in [6.45, 7) is 12.1. The minimum Gasteiger partial charge on any atom is -0.507 e. The Morgan fingerprint density at radius 2 is 1.73 bits per heavy atom. The number of hydrogen-bond acceptors (Lipinski definition) is 2. The molecule has 1 heterocycles. The van der Waals surface area contributed by atoms with E-state index in [1.54, 1.807) is 0 Å². The third-order valence-electron chi connectivity index (χ3n) is 5.22. The number of nitrogens with zero attached hydrogens (tertiary/aromatic N) is 1. The van der Waals surface area contributed by atoms with Gasteiger partial charge in [-0.3, -0.25) is 4.90 Å². The molecule has 1 atom stereocenters. The van der Waals surface area contributed by atoms with Crippen LogP contribution in [0.2, 0.25) is 0 Å². The van der Waals surface area contributed by atoms with Gasteiger partial charge in [0.1, 0.15) is 5.75 Å². The summed E-state index contributed by atoms with van der Waals surface area (Å²) in [5.41, 5.74) is 3.73. The number of aromatic hydroxyl groups is 1. The Kier molecular flexibility index (Phi) is 6.05. The lowest BCUT2D eigenvalue weighted by atomic mass is 9.86. The van der Waals surface area contributed by atoms with Crippen molar-refractivity contribution in [3.05, 3.63) is 53.1 Å². The quantitative estimate of drug-likeness (QED) is 0.796. The van der Waals surface area contributed by atoms with Gasteiger partial charge in [0.25, 0.3) is 0 Å². The topological polar surface area (TPSA) is 23.5 Å². The molecule has 0 spiro atoms. The highest BCUT2D eigenvalue weighted by Crippen LogP contribution is 2.32. The molecule has 1 N–H and O–H groups in total. The molecule has 2 nitrogen and oxygen atoms in total. The second-order valence-electron chi connectivity index (χ2n) is 8.57. The molecule has 0 aromatic heterocycles. The molecule has 26 heavy (non-hydrogen) atoms. The molecule has 3 rings (SSSR count). The predicted molar refractivity (Wildman–Crippen MR) is 115 cm³/mol. The molecule has 1 aliphatic heterocycles. The highest BCUT2D eigenvalue weighted by molar-refractivity contribution is 7.55. The van der Waals surface area contributed by atoms with Crippen LogP contribution in [0.4, 0.5) is 0 Å². The van der Waals surface area contributed by atoms with Gasteiger partial charge in [-0.05, 0) is 54.7 Å². The van der Waals surface area contributed by atoms with Crippen LogP contribution in [0.25, 0.3) is 0 Å². The Hall–Kier alpha value is -1.37. The van der Waals surface area contributed by atoms with Crippen LogP contribution in [-0.2, 0) is 12.0 Å². The molecule has 0 radical (unpaired) electrons. The van der Waals surface area contributed by atoms with E-state index in [1.165, 1.54) is 48.8 Å². The fourth-order valence-corrected chi connectivity index (χ4v) is 4.93. The van der Waals surface area contributed by atoms with Crippen molar-refractivity contribution in [1.29, 1.82) is 0 Å². The van der Waals surface area contributed by atoms with Crippen molar-refractivity contribution in [3.63, 3.8) is 0 Å². The highest BCUT2D eigenvalue weighted by atomic mass is 31.1. The van der Waals surface area contributed by atoms with E-state index < -0.39 is 0 Å². The number of hydrogen-bond donors (Lipinski definition) is 1. The predicted octanol–water partition coefficient (Wildman–Crippen LogP) is 4.61. The van der Waals surface area contributed by atoms with Gasteiger partial charge in [0.05, 0.1) is 0 Å². The first-order valence-corrected chi connectivity index (χ1v) is 10.8. The number of likely N-dealkylation sites (tertiary alicyclic amines) is 1. The summed E-state index contributed by atoms with van der Waals surface area (Å²) in [5, 5.41) is 13.3. The third-order valence-corrected chi connectivity index (χ3v) is 6.65. The smallest absolute Gasteiger partial charge is 0.127 e. The number of rotatable bonds is 4. The minimum absolute atomic E-state index is 0.0471. The van der Waals surface area contributed by atoms with Crippen molar-refractivity contribution < 1.29 is 5.11 Å². The number of benzene rings is 2. The molecule has 140 valence electrons. The standard InChI is InChI=1S/C23H32NOP/c1-17-11-12-20(18(15-17)16-24-13-6-5-7-14-24)26-21-10-8-9-19(22(21)25)23(2,3)4/h8-12,15,25-26H,5-7,13-14,16H2,1-4H3. The summed E-state index contributed by atoms with van der Waals surface area (Å²) in [4.78, 5) is 2.58. The lowest BCUT2D eigenvalue weighted by Crippen LogP contribution is -2.30. The first-order valence-electron chi connectivity index (χ1n) is 9.76. The fraction of sp³-hybridized carbons (Fsp3) is 0.478. The Morgan fingerprint density at radius 1 is 1.00 bits per heavy atom. The monoisotopic (exact) mass is 369 g/mol. The lowest BCUT2D eigenvalue weighted by molar-refractivity contribution is 0.221. The molecule has 0 bridgehead atoms. The maximum absolute atomic E-state index is 10.8. The van der Waals surface area contributed by atoms with E-state index in [2.05, 4.69) is 62.9 Å². The minimum atomic E-state index is -0.0471. The lowest BCUT2D eigenvalue weighted by Gasteiger charge is -2.27. The number of piperidine rings is 1. The van der Waals surface area contributed by atoms with Crippen LogP contribution in [0.3, 0.4) is 0 Å². The maximum atomic E-state index is 10.8. The molecule has 1 aliphatic rings. The molecule has 2 aromatic carbocycles. The van der Waals surface area contributed by atoms with Gasteiger partial charge < -0.3 is 5.11 Å². The zero-order valence-electron chi connectivity index (χ0n) is 16.6. The molecule has 0 aliphatic carbocycles. The molecular weight excluding hydrogens is 337 g/mol. The first kappa shape index (κ1) is 19.4. The summed E-state index contributed by atoms with van der Waals surface area (Å²) in [7, 11) is 0.491. The molecule has 3 heteroatoms. The molecule has 1 saturated heterocycles. The zero-order chi connectivity index (χ0) is 18.7. The second kappa shape index (κ2) is 8.11. The van der Waals surface area contributed by atoms with Crippen LogP contribution in [0.5, 0.6) is 5.75 Å². The molecule has 1 unspecified atom stereocenters. The van der Waals surface area contributed by atoms with E-state index in [4.69, 9.17) is 0 Å². The number of phenols is 1. The van der Waals surface area contributed by atoms with E-state index in [1.807, 2.05) is 6.07 Å². The van der Waals surface area contributed by atoms with Gasteiger partial charge in [0.15, 0.2) is 0 Å². The van der Waals surface area contributed by atoms with Crippen LogP contribution in [0, 0.1) is 6.92 Å². The molecule has 1 fully saturated rings. The van der Waals surface area contributed by atoms with Crippen molar-refractivity contribution in [2.24, 2.45) is 0 Å². The van der Waals surface area contributed by atoms with Crippen LogP contribution in [0.1, 0.15) is 56.7 Å². The number of para-hydroxylation sites is 1. The second-order valence-corrected chi connectivity index (χ2v) is 9.90. The van der Waals surface area contributed by atoms with Crippen molar-refractivity contribution in [2.45, 2.75) is 58.9 Å². The van der Waals surface area contributed by atoms with Crippen LogP contribution >= 0.6 is 8.58 Å². The summed E-state index contributed by atoms with van der Waals surface area (Å²) in [5.74, 6) is 0.475. The Labute approximate surface area is 160 Å². The summed E-state index contributed by atoms with van der Waals surface area (Å²) < 4.78 is 0. The van der Waals surface area contributed by atoms with Gasteiger partial charge in [-0.1, -0.05) is 77.7 Å². The molecule has 2 aromatic rings. The summed E-state index contributed by atoms with van der Waals surface area (Å²) in [6, 6.07) is 13.0. The molecule has 0 saturated carbocycles. The normalized spacial score (nSPS) is 16.5. The summed E-state index contributed by atoms with van der Waals surface area (Å²) >= 11 is 0. The van der Waals surface area contributed by atoms with E-state index in [0.29, 0.717) is 14.3 Å². The van der Waals surface area contributed by atoms with Gasteiger partial charge in [-0.25, -0.2) is 0 Å². The zero-order valence-corrected chi connectivity index (χ0v) is 17.6. The van der Waals surface area contributed by atoms with Crippen molar-refractivity contribution in [3.8, 4) is 5.75 Å². The van der Waals surface area contributed by atoms with Crippen molar-refractivity contribution >= 4 is 19.2 Å². The highest BCUT2D eigenvalue weighted by Gasteiger charge is 2.20. The average molecular weight is 369 g/mol. The van der Waals surface area contributed by atoms with Gasteiger partial charge in [-0.15, -0.1) is 0 Å². The van der Waals surface area contributed by atoms with E-state index in [-0.39, 0.29) is 5.41 Å². The van der Waals surface area contributed by atoms with E-state index in [9.17, 15) is 5.11 Å². The number of phenolic OH excluding ortho intramolecular Hbond substituents is 1. The third kappa shape index (κ3) is 4.67. The number of aryl methyl sites for hydroxylation is 1. The Balaban J connectivity index is 1.88. The Bertz CT molecular complexity index is 757.